The highest BCUT2D eigenvalue weighted by atomic mass is 16.5. The first-order valence-electron chi connectivity index (χ1n) is 7.92. The molecule has 1 amide bonds. The molecule has 1 fully saturated rings. The lowest BCUT2D eigenvalue weighted by Gasteiger charge is -2.31. The topological polar surface area (TPSA) is 60.9 Å². The Kier molecular flexibility index (Phi) is 5.28. The van der Waals surface area contributed by atoms with Crippen LogP contribution in [0.4, 0.5) is 0 Å². The Bertz CT molecular complexity index is 678. The second kappa shape index (κ2) is 7.79. The van der Waals surface area contributed by atoms with Crippen LogP contribution >= 0.6 is 0 Å². The Morgan fingerprint density at radius 2 is 2.17 bits per heavy atom. The zero-order chi connectivity index (χ0) is 16.8. The van der Waals surface area contributed by atoms with Gasteiger partial charge in [0.2, 0.25) is 5.88 Å². The highest BCUT2D eigenvalue weighted by Crippen LogP contribution is 2.23. The number of hydrogen-bond donors (Lipinski definition) is 0. The van der Waals surface area contributed by atoms with Crippen molar-refractivity contribution in [1.82, 2.24) is 9.88 Å². The van der Waals surface area contributed by atoms with Crippen LogP contribution in [0.25, 0.3) is 0 Å². The van der Waals surface area contributed by atoms with Gasteiger partial charge in [-0.3, -0.25) is 4.79 Å². The molecule has 1 saturated heterocycles. The van der Waals surface area contributed by atoms with Gasteiger partial charge in [0.05, 0.1) is 12.7 Å². The molecule has 0 radical (unpaired) electrons. The van der Waals surface area contributed by atoms with Crippen LogP contribution in [0.5, 0.6) is 17.4 Å². The number of rotatable bonds is 5. The molecular weight excluding hydrogens is 308 g/mol. The van der Waals surface area contributed by atoms with E-state index in [4.69, 9.17) is 14.2 Å². The molecule has 1 aliphatic rings. The first kappa shape index (κ1) is 16.3. The number of amides is 1. The third-order valence-corrected chi connectivity index (χ3v) is 3.62. The molecule has 0 saturated carbocycles. The highest BCUT2D eigenvalue weighted by Gasteiger charge is 2.21. The normalized spacial score (nSPS) is 17.4. The summed E-state index contributed by atoms with van der Waals surface area (Å²) in [5.74, 6) is 1.66. The largest absolute Gasteiger partial charge is 0.484 e. The van der Waals surface area contributed by atoms with E-state index in [0.717, 1.165) is 0 Å². The van der Waals surface area contributed by atoms with Crippen molar-refractivity contribution in [3.63, 3.8) is 0 Å². The van der Waals surface area contributed by atoms with E-state index in [2.05, 4.69) is 4.98 Å². The van der Waals surface area contributed by atoms with Crippen LogP contribution in [0.15, 0.2) is 48.7 Å². The SMILES string of the molecule is CC1CN(C(=O)COc2cccc(Oc3ccccn3)c2)CCO1. The zero-order valence-corrected chi connectivity index (χ0v) is 13.6. The number of carbonyl (C=O) groups excluding carboxylic acids is 1. The maximum absolute atomic E-state index is 12.2. The quantitative estimate of drug-likeness (QED) is 0.844. The lowest BCUT2D eigenvalue weighted by molar-refractivity contribution is -0.140. The summed E-state index contributed by atoms with van der Waals surface area (Å²) in [6.45, 7) is 3.74. The molecule has 24 heavy (non-hydrogen) atoms. The van der Waals surface area contributed by atoms with Gasteiger partial charge in [0.25, 0.3) is 5.91 Å². The summed E-state index contributed by atoms with van der Waals surface area (Å²) in [5, 5.41) is 0. The van der Waals surface area contributed by atoms with Crippen molar-refractivity contribution >= 4 is 5.91 Å². The molecule has 0 spiro atoms. The minimum atomic E-state index is -0.0406. The first-order valence-corrected chi connectivity index (χ1v) is 7.92. The van der Waals surface area contributed by atoms with E-state index in [9.17, 15) is 4.79 Å². The van der Waals surface area contributed by atoms with E-state index >= 15 is 0 Å². The smallest absolute Gasteiger partial charge is 0.260 e. The van der Waals surface area contributed by atoms with Crippen molar-refractivity contribution in [3.05, 3.63) is 48.7 Å². The predicted octanol–water partition coefficient (Wildman–Crippen LogP) is 2.50. The van der Waals surface area contributed by atoms with Gasteiger partial charge in [-0.25, -0.2) is 4.98 Å². The van der Waals surface area contributed by atoms with E-state index in [1.807, 2.05) is 31.2 Å². The fraction of sp³-hybridized carbons (Fsp3) is 0.333. The Balaban J connectivity index is 1.55. The second-order valence-corrected chi connectivity index (χ2v) is 5.55. The summed E-state index contributed by atoms with van der Waals surface area (Å²) in [6, 6.07) is 12.6. The number of pyridine rings is 1. The van der Waals surface area contributed by atoms with Gasteiger partial charge in [-0.15, -0.1) is 0 Å². The molecule has 1 aromatic heterocycles. The summed E-state index contributed by atoms with van der Waals surface area (Å²) in [6.07, 6.45) is 1.73. The molecule has 1 aromatic carbocycles. The van der Waals surface area contributed by atoms with Crippen molar-refractivity contribution in [3.8, 4) is 17.4 Å². The first-order chi connectivity index (χ1) is 11.7. The van der Waals surface area contributed by atoms with Gasteiger partial charge in [-0.1, -0.05) is 12.1 Å². The molecule has 2 heterocycles. The minimum Gasteiger partial charge on any atom is -0.484 e. The van der Waals surface area contributed by atoms with Crippen LogP contribution in [0.3, 0.4) is 0 Å². The van der Waals surface area contributed by atoms with Crippen molar-refractivity contribution in [2.75, 3.05) is 26.3 Å². The number of morpholine rings is 1. The van der Waals surface area contributed by atoms with E-state index < -0.39 is 0 Å². The summed E-state index contributed by atoms with van der Waals surface area (Å²) in [5.41, 5.74) is 0. The zero-order valence-electron chi connectivity index (χ0n) is 13.6. The van der Waals surface area contributed by atoms with Gasteiger partial charge in [0.15, 0.2) is 6.61 Å². The molecule has 126 valence electrons. The fourth-order valence-corrected chi connectivity index (χ4v) is 2.44. The maximum atomic E-state index is 12.2. The van der Waals surface area contributed by atoms with Crippen LogP contribution in [-0.4, -0.2) is 48.2 Å². The number of benzene rings is 1. The van der Waals surface area contributed by atoms with Crippen LogP contribution < -0.4 is 9.47 Å². The minimum absolute atomic E-state index is 0.000238. The molecular formula is C18H20N2O4. The average molecular weight is 328 g/mol. The lowest BCUT2D eigenvalue weighted by Crippen LogP contribution is -2.46. The summed E-state index contributed by atoms with van der Waals surface area (Å²) >= 11 is 0. The lowest BCUT2D eigenvalue weighted by atomic mass is 10.3. The number of carbonyl (C=O) groups is 1. The van der Waals surface area contributed by atoms with Crippen molar-refractivity contribution in [2.24, 2.45) is 0 Å². The third kappa shape index (κ3) is 4.45. The van der Waals surface area contributed by atoms with E-state index in [1.165, 1.54) is 0 Å². The van der Waals surface area contributed by atoms with E-state index in [1.54, 1.807) is 29.3 Å². The van der Waals surface area contributed by atoms with Crippen molar-refractivity contribution in [2.45, 2.75) is 13.0 Å². The molecule has 0 aliphatic carbocycles. The Labute approximate surface area is 141 Å². The monoisotopic (exact) mass is 328 g/mol. The molecule has 0 bridgehead atoms. The number of aromatic nitrogens is 1. The van der Waals surface area contributed by atoms with Crippen LogP contribution in [-0.2, 0) is 9.53 Å². The molecule has 0 N–H and O–H groups in total. The second-order valence-electron chi connectivity index (χ2n) is 5.55. The maximum Gasteiger partial charge on any atom is 0.260 e. The average Bonchev–Trinajstić information content (AvgIpc) is 2.61. The predicted molar refractivity (Wildman–Crippen MR) is 88.2 cm³/mol. The van der Waals surface area contributed by atoms with Gasteiger partial charge < -0.3 is 19.1 Å². The van der Waals surface area contributed by atoms with Crippen molar-refractivity contribution < 1.29 is 19.0 Å². The standard InChI is InChI=1S/C18H20N2O4/c1-14-12-20(9-10-22-14)18(21)13-23-15-5-4-6-16(11-15)24-17-7-2-3-8-19-17/h2-8,11,14H,9-10,12-13H2,1H3. The van der Waals surface area contributed by atoms with Crippen LogP contribution in [0, 0.1) is 0 Å². The summed E-state index contributed by atoms with van der Waals surface area (Å²) in [7, 11) is 0. The fourth-order valence-electron chi connectivity index (χ4n) is 2.44. The number of hydrogen-bond acceptors (Lipinski definition) is 5. The molecule has 3 rings (SSSR count). The van der Waals surface area contributed by atoms with Crippen LogP contribution in [0.1, 0.15) is 6.92 Å². The van der Waals surface area contributed by atoms with Crippen LogP contribution in [0.2, 0.25) is 0 Å². The molecule has 6 heteroatoms. The Hall–Kier alpha value is -2.60. The molecule has 2 aromatic rings. The summed E-state index contributed by atoms with van der Waals surface area (Å²) < 4.78 is 16.7. The van der Waals surface area contributed by atoms with Gasteiger partial charge in [0.1, 0.15) is 11.5 Å². The van der Waals surface area contributed by atoms with Gasteiger partial charge in [0, 0.05) is 31.4 Å². The molecule has 1 unspecified atom stereocenters. The highest BCUT2D eigenvalue weighted by molar-refractivity contribution is 5.77. The van der Waals surface area contributed by atoms with Gasteiger partial charge >= 0.3 is 0 Å². The molecule has 1 atom stereocenters. The van der Waals surface area contributed by atoms with Gasteiger partial charge in [-0.2, -0.15) is 0 Å². The Morgan fingerprint density at radius 3 is 2.96 bits per heavy atom. The third-order valence-electron chi connectivity index (χ3n) is 3.62. The van der Waals surface area contributed by atoms with Gasteiger partial charge in [-0.05, 0) is 25.1 Å². The number of nitrogens with zero attached hydrogens (tertiary/aromatic N) is 2. The van der Waals surface area contributed by atoms with E-state index in [0.29, 0.717) is 37.1 Å². The summed E-state index contributed by atoms with van der Waals surface area (Å²) in [4.78, 5) is 18.1. The van der Waals surface area contributed by atoms with E-state index in [-0.39, 0.29) is 18.6 Å². The Morgan fingerprint density at radius 1 is 1.29 bits per heavy atom. The molecule has 1 aliphatic heterocycles. The number of ether oxygens (including phenoxy) is 3. The molecule has 6 nitrogen and oxygen atoms in total. The van der Waals surface area contributed by atoms with Crippen molar-refractivity contribution in [1.29, 1.82) is 0 Å².